The van der Waals surface area contributed by atoms with Gasteiger partial charge in [-0.15, -0.1) is 0 Å². The molecule has 0 radical (unpaired) electrons. The van der Waals surface area contributed by atoms with Gasteiger partial charge >= 0.3 is 0 Å². The molecule has 0 atom stereocenters. The first-order valence-corrected chi connectivity index (χ1v) is 11.2. The van der Waals surface area contributed by atoms with Crippen molar-refractivity contribution in [2.45, 2.75) is 26.9 Å². The van der Waals surface area contributed by atoms with Crippen molar-refractivity contribution in [1.82, 2.24) is 9.55 Å². The number of fused-ring (bicyclic) bond motifs is 1. The highest BCUT2D eigenvalue weighted by molar-refractivity contribution is 6.31. The lowest BCUT2D eigenvalue weighted by atomic mass is 10.1. The molecule has 0 saturated carbocycles. The van der Waals surface area contributed by atoms with Crippen LogP contribution in [-0.2, 0) is 22.7 Å². The minimum atomic E-state index is -0.608. The number of anilines is 2. The molecule has 0 spiro atoms. The van der Waals surface area contributed by atoms with Crippen molar-refractivity contribution in [3.05, 3.63) is 99.1 Å². The molecule has 3 aromatic carbocycles. The van der Waals surface area contributed by atoms with Crippen LogP contribution in [0.1, 0.15) is 18.1 Å². The van der Waals surface area contributed by atoms with Gasteiger partial charge in [-0.3, -0.25) is 23.9 Å². The van der Waals surface area contributed by atoms with Crippen LogP contribution < -0.4 is 15.8 Å². The summed E-state index contributed by atoms with van der Waals surface area (Å²) in [5.41, 5.74) is 2.50. The Morgan fingerprint density at radius 2 is 1.80 bits per heavy atom. The molecule has 2 amide bonds. The number of nitrogens with zero attached hydrogens (tertiary/aromatic N) is 3. The van der Waals surface area contributed by atoms with Crippen molar-refractivity contribution in [3.8, 4) is 0 Å². The molecule has 0 saturated heterocycles. The van der Waals surface area contributed by atoms with Gasteiger partial charge in [0.25, 0.3) is 5.56 Å². The van der Waals surface area contributed by atoms with Crippen molar-refractivity contribution in [2.75, 3.05) is 10.2 Å². The Hall–Kier alpha value is -4.04. The summed E-state index contributed by atoms with van der Waals surface area (Å²) in [6.07, 6.45) is 0. The second kappa shape index (κ2) is 10.1. The third-order valence-corrected chi connectivity index (χ3v) is 5.73. The van der Waals surface area contributed by atoms with Gasteiger partial charge < -0.3 is 5.32 Å². The molecule has 0 aliphatic carbocycles. The average Bonchev–Trinajstić information content (AvgIpc) is 2.82. The van der Waals surface area contributed by atoms with E-state index in [2.05, 4.69) is 10.3 Å². The Bertz CT molecular complexity index is 1480. The van der Waals surface area contributed by atoms with Crippen molar-refractivity contribution in [3.63, 3.8) is 0 Å². The van der Waals surface area contributed by atoms with Crippen molar-refractivity contribution >= 4 is 46.0 Å². The SMILES string of the molecule is CC(=O)N(Cc1ccc(C)cc1)c1nc2ccccc2n(CC(=O)Nc2ccc(F)c(Cl)c2)c1=O. The maximum Gasteiger partial charge on any atom is 0.294 e. The molecule has 1 aromatic heterocycles. The van der Waals surface area contributed by atoms with Crippen LogP contribution >= 0.6 is 11.6 Å². The number of rotatable bonds is 6. The number of aryl methyl sites for hydroxylation is 1. The average molecular weight is 493 g/mol. The van der Waals surface area contributed by atoms with Crippen molar-refractivity contribution < 1.29 is 14.0 Å². The molecule has 4 aromatic rings. The van der Waals surface area contributed by atoms with E-state index in [4.69, 9.17) is 11.6 Å². The molecular formula is C26H22ClFN4O3. The fraction of sp³-hybridized carbons (Fsp3) is 0.154. The summed E-state index contributed by atoms with van der Waals surface area (Å²) < 4.78 is 14.7. The summed E-state index contributed by atoms with van der Waals surface area (Å²) in [5, 5.41) is 2.48. The Labute approximate surface area is 205 Å². The lowest BCUT2D eigenvalue weighted by Crippen LogP contribution is -2.38. The van der Waals surface area contributed by atoms with E-state index in [-0.39, 0.29) is 35.5 Å². The van der Waals surface area contributed by atoms with E-state index >= 15 is 0 Å². The summed E-state index contributed by atoms with van der Waals surface area (Å²) in [6.45, 7) is 3.12. The molecular weight excluding hydrogens is 471 g/mol. The minimum Gasteiger partial charge on any atom is -0.324 e. The molecule has 1 heterocycles. The highest BCUT2D eigenvalue weighted by atomic mass is 35.5. The standard InChI is InChI=1S/C26H22ClFN4O3/c1-16-7-9-18(10-8-16)14-31(17(2)33)25-26(35)32(23-6-4-3-5-22(23)30-25)15-24(34)29-19-11-12-21(28)20(27)13-19/h3-13H,14-15H2,1-2H3,(H,29,34). The predicted octanol–water partition coefficient (Wildman–Crippen LogP) is 4.69. The zero-order chi connectivity index (χ0) is 25.1. The number of carbonyl (C=O) groups is 2. The third-order valence-electron chi connectivity index (χ3n) is 5.44. The van der Waals surface area contributed by atoms with Gasteiger partial charge in [-0.05, 0) is 42.8 Å². The topological polar surface area (TPSA) is 84.3 Å². The van der Waals surface area contributed by atoms with Crippen LogP contribution in [0.2, 0.25) is 5.02 Å². The maximum atomic E-state index is 13.5. The van der Waals surface area contributed by atoms with E-state index in [1.165, 1.54) is 28.5 Å². The van der Waals surface area contributed by atoms with Crippen LogP contribution in [0.3, 0.4) is 0 Å². The number of aromatic nitrogens is 2. The summed E-state index contributed by atoms with van der Waals surface area (Å²) in [5.74, 6) is -1.56. The maximum absolute atomic E-state index is 13.5. The molecule has 0 unspecified atom stereocenters. The van der Waals surface area contributed by atoms with Crippen molar-refractivity contribution in [2.24, 2.45) is 0 Å². The van der Waals surface area contributed by atoms with E-state index in [1.807, 2.05) is 31.2 Å². The Balaban J connectivity index is 1.72. The fourth-order valence-electron chi connectivity index (χ4n) is 3.64. The first kappa shape index (κ1) is 24.1. The molecule has 7 nitrogen and oxygen atoms in total. The molecule has 0 aliphatic rings. The first-order valence-electron chi connectivity index (χ1n) is 10.8. The number of carbonyl (C=O) groups excluding carboxylic acids is 2. The zero-order valence-electron chi connectivity index (χ0n) is 19.1. The number of para-hydroxylation sites is 2. The van der Waals surface area contributed by atoms with E-state index in [1.54, 1.807) is 24.3 Å². The molecule has 9 heteroatoms. The number of halogens is 2. The van der Waals surface area contributed by atoms with Crippen LogP contribution in [0, 0.1) is 12.7 Å². The quantitative estimate of drug-likeness (QED) is 0.423. The van der Waals surface area contributed by atoms with E-state index in [0.717, 1.165) is 17.2 Å². The van der Waals surface area contributed by atoms with Crippen LogP contribution in [0.4, 0.5) is 15.9 Å². The monoisotopic (exact) mass is 492 g/mol. The largest absolute Gasteiger partial charge is 0.324 e. The van der Waals surface area contributed by atoms with E-state index < -0.39 is 17.3 Å². The van der Waals surface area contributed by atoms with Gasteiger partial charge in [0.2, 0.25) is 17.6 Å². The van der Waals surface area contributed by atoms with E-state index in [0.29, 0.717) is 11.0 Å². The van der Waals surface area contributed by atoms with Crippen LogP contribution in [-0.4, -0.2) is 21.4 Å². The summed E-state index contributed by atoms with van der Waals surface area (Å²) in [4.78, 5) is 44.6. The van der Waals surface area contributed by atoms with Gasteiger partial charge in [-0.1, -0.05) is 53.6 Å². The highest BCUT2D eigenvalue weighted by Crippen LogP contribution is 2.20. The molecule has 178 valence electrons. The summed E-state index contributed by atoms with van der Waals surface area (Å²) >= 11 is 5.79. The number of amides is 2. The van der Waals surface area contributed by atoms with Crippen LogP contribution in [0.5, 0.6) is 0 Å². The van der Waals surface area contributed by atoms with Gasteiger partial charge in [0.15, 0.2) is 0 Å². The van der Waals surface area contributed by atoms with Crippen LogP contribution in [0.15, 0.2) is 71.5 Å². The second-order valence-corrected chi connectivity index (χ2v) is 8.49. The lowest BCUT2D eigenvalue weighted by Gasteiger charge is -2.21. The van der Waals surface area contributed by atoms with Crippen LogP contribution in [0.25, 0.3) is 11.0 Å². The second-order valence-electron chi connectivity index (χ2n) is 8.08. The molecule has 0 fully saturated rings. The predicted molar refractivity (Wildman–Crippen MR) is 134 cm³/mol. The first-order chi connectivity index (χ1) is 16.7. The molecule has 0 aliphatic heterocycles. The number of hydrogen-bond donors (Lipinski definition) is 1. The lowest BCUT2D eigenvalue weighted by molar-refractivity contribution is -0.117. The third kappa shape index (κ3) is 5.38. The van der Waals surface area contributed by atoms with Gasteiger partial charge in [0.1, 0.15) is 12.4 Å². The zero-order valence-corrected chi connectivity index (χ0v) is 19.8. The summed E-state index contributed by atoms with van der Waals surface area (Å²) in [6, 6.07) is 18.3. The number of hydrogen-bond acceptors (Lipinski definition) is 4. The highest BCUT2D eigenvalue weighted by Gasteiger charge is 2.22. The number of nitrogens with one attached hydrogen (secondary N) is 1. The van der Waals surface area contributed by atoms with Gasteiger partial charge in [-0.2, -0.15) is 0 Å². The van der Waals surface area contributed by atoms with Crippen molar-refractivity contribution in [1.29, 1.82) is 0 Å². The van der Waals surface area contributed by atoms with Gasteiger partial charge in [0.05, 0.1) is 22.6 Å². The molecule has 1 N–H and O–H groups in total. The fourth-order valence-corrected chi connectivity index (χ4v) is 3.82. The van der Waals surface area contributed by atoms with E-state index in [9.17, 15) is 18.8 Å². The molecule has 4 rings (SSSR count). The minimum absolute atomic E-state index is 0.0746. The number of benzene rings is 3. The Morgan fingerprint density at radius 3 is 2.49 bits per heavy atom. The Morgan fingerprint density at radius 1 is 1.09 bits per heavy atom. The molecule has 35 heavy (non-hydrogen) atoms. The Kier molecular flexibility index (Phi) is 6.93. The summed E-state index contributed by atoms with van der Waals surface area (Å²) in [7, 11) is 0. The van der Waals surface area contributed by atoms with Gasteiger partial charge in [-0.25, -0.2) is 9.37 Å². The normalized spacial score (nSPS) is 10.9. The van der Waals surface area contributed by atoms with Gasteiger partial charge in [0, 0.05) is 12.6 Å². The smallest absolute Gasteiger partial charge is 0.294 e. The molecule has 0 bridgehead atoms.